The molecule has 3 N–H and O–H groups in total. The molecule has 0 aliphatic carbocycles. The van der Waals surface area contributed by atoms with Crippen molar-refractivity contribution in [2.45, 2.75) is 23.4 Å². The molecule has 2 heterocycles. The first kappa shape index (κ1) is 16.1. The minimum absolute atomic E-state index is 0.0923. The van der Waals surface area contributed by atoms with E-state index in [1.54, 1.807) is 0 Å². The summed E-state index contributed by atoms with van der Waals surface area (Å²) in [5.41, 5.74) is 0.00824. The fourth-order valence-corrected chi connectivity index (χ4v) is 3.43. The number of hydrogen-bond acceptors (Lipinski definition) is 7. The maximum atomic E-state index is 11.3. The van der Waals surface area contributed by atoms with E-state index in [0.29, 0.717) is 11.7 Å². The van der Waals surface area contributed by atoms with Gasteiger partial charge in [-0.1, -0.05) is 0 Å². The van der Waals surface area contributed by atoms with Gasteiger partial charge < -0.3 is 10.1 Å². The van der Waals surface area contributed by atoms with Gasteiger partial charge in [0.2, 0.25) is 10.0 Å². The molecule has 1 aromatic rings. The van der Waals surface area contributed by atoms with E-state index in [0.717, 1.165) is 38.8 Å². The average Bonchev–Trinajstić information content (AvgIpc) is 2.94. The van der Waals surface area contributed by atoms with Crippen LogP contribution in [0.2, 0.25) is 0 Å². The van der Waals surface area contributed by atoms with E-state index >= 15 is 0 Å². The van der Waals surface area contributed by atoms with E-state index in [1.807, 2.05) is 0 Å². The number of nitro benzene ring substituents is 1. The third-order valence-electron chi connectivity index (χ3n) is 4.19. The molecule has 9 nitrogen and oxygen atoms in total. The zero-order chi connectivity index (χ0) is 16.6. The molecule has 0 unspecified atom stereocenters. The largest absolute Gasteiger partial charge is 0.380 e. The Bertz CT molecular complexity index is 711. The van der Waals surface area contributed by atoms with Crippen LogP contribution in [0.15, 0.2) is 23.1 Å². The van der Waals surface area contributed by atoms with Crippen molar-refractivity contribution in [3.63, 3.8) is 0 Å². The molecule has 126 valence electrons. The number of ether oxygens (including phenoxy) is 1. The van der Waals surface area contributed by atoms with Gasteiger partial charge in [0.15, 0.2) is 0 Å². The Labute approximate surface area is 133 Å². The van der Waals surface area contributed by atoms with E-state index in [2.05, 4.69) is 10.2 Å². The number of anilines is 1. The smallest absolute Gasteiger partial charge is 0.293 e. The number of rotatable bonds is 5. The number of nitrogens with one attached hydrogen (secondary N) is 1. The van der Waals surface area contributed by atoms with Crippen LogP contribution in [-0.2, 0) is 14.8 Å². The number of benzene rings is 1. The summed E-state index contributed by atoms with van der Waals surface area (Å²) in [4.78, 5) is 12.6. The average molecular weight is 342 g/mol. The van der Waals surface area contributed by atoms with Gasteiger partial charge >= 0.3 is 0 Å². The highest BCUT2D eigenvalue weighted by molar-refractivity contribution is 7.89. The SMILES string of the molecule is NS(=O)(=O)c1ccc(NC2CN([C@@H]3CCOC3)C2)c([N+](=O)[O-])c1. The van der Waals surface area contributed by atoms with Crippen LogP contribution in [0, 0.1) is 10.1 Å². The summed E-state index contributed by atoms with van der Waals surface area (Å²) >= 11 is 0. The maximum Gasteiger partial charge on any atom is 0.293 e. The Morgan fingerprint density at radius 1 is 1.39 bits per heavy atom. The van der Waals surface area contributed by atoms with Gasteiger partial charge in [-0.25, -0.2) is 13.6 Å². The number of primary sulfonamides is 1. The van der Waals surface area contributed by atoms with Gasteiger partial charge in [0.1, 0.15) is 5.69 Å². The minimum Gasteiger partial charge on any atom is -0.380 e. The number of nitrogens with two attached hydrogens (primary N) is 1. The maximum absolute atomic E-state index is 11.3. The topological polar surface area (TPSA) is 128 Å². The molecule has 2 aliphatic heterocycles. The third kappa shape index (κ3) is 3.44. The molecule has 3 rings (SSSR count). The molecule has 23 heavy (non-hydrogen) atoms. The number of likely N-dealkylation sites (tertiary alicyclic amines) is 1. The van der Waals surface area contributed by atoms with Gasteiger partial charge in [0, 0.05) is 31.8 Å². The first-order valence-corrected chi connectivity index (χ1v) is 8.79. The number of sulfonamides is 1. The fraction of sp³-hybridized carbons (Fsp3) is 0.538. The van der Waals surface area contributed by atoms with Gasteiger partial charge in [-0.15, -0.1) is 0 Å². The third-order valence-corrected chi connectivity index (χ3v) is 5.10. The zero-order valence-corrected chi connectivity index (χ0v) is 13.2. The van der Waals surface area contributed by atoms with Crippen LogP contribution >= 0.6 is 0 Å². The molecule has 0 amide bonds. The van der Waals surface area contributed by atoms with Crippen molar-refractivity contribution >= 4 is 21.4 Å². The summed E-state index contributed by atoms with van der Waals surface area (Å²) in [7, 11) is -3.97. The van der Waals surface area contributed by atoms with Gasteiger partial charge in [-0.3, -0.25) is 15.0 Å². The van der Waals surface area contributed by atoms with Crippen molar-refractivity contribution in [1.29, 1.82) is 0 Å². The lowest BCUT2D eigenvalue weighted by molar-refractivity contribution is -0.384. The summed E-state index contributed by atoms with van der Waals surface area (Å²) in [5, 5.41) is 19.3. The molecule has 0 saturated carbocycles. The van der Waals surface area contributed by atoms with E-state index < -0.39 is 14.9 Å². The van der Waals surface area contributed by atoms with Gasteiger partial charge in [-0.2, -0.15) is 0 Å². The first-order chi connectivity index (χ1) is 10.8. The van der Waals surface area contributed by atoms with Crippen molar-refractivity contribution in [2.75, 3.05) is 31.6 Å². The lowest BCUT2D eigenvalue weighted by Gasteiger charge is -2.43. The van der Waals surface area contributed by atoms with Crippen LogP contribution in [0.25, 0.3) is 0 Å². The molecule has 2 saturated heterocycles. The summed E-state index contributed by atoms with van der Waals surface area (Å²) in [5.74, 6) is 0. The zero-order valence-electron chi connectivity index (χ0n) is 12.3. The Kier molecular flexibility index (Phi) is 4.23. The number of hydrogen-bond donors (Lipinski definition) is 2. The molecular formula is C13H18N4O5S. The first-order valence-electron chi connectivity index (χ1n) is 7.24. The van der Waals surface area contributed by atoms with E-state index in [1.165, 1.54) is 12.1 Å². The second kappa shape index (κ2) is 6.04. The standard InChI is InChI=1S/C13H18N4O5S/c14-23(20,21)11-1-2-12(13(5-11)17(18)19)15-9-6-16(7-9)10-3-4-22-8-10/h1-2,5,9-10,15H,3-4,6-8H2,(H2,14,20,21)/t10-/m1/s1. The summed E-state index contributed by atoms with van der Waals surface area (Å²) in [6.45, 7) is 3.07. The molecule has 2 fully saturated rings. The second-order valence-corrected chi connectivity index (χ2v) is 7.36. The van der Waals surface area contributed by atoms with Gasteiger partial charge in [-0.05, 0) is 18.6 Å². The van der Waals surface area contributed by atoms with Crippen LogP contribution < -0.4 is 10.5 Å². The van der Waals surface area contributed by atoms with Crippen molar-refractivity contribution in [3.8, 4) is 0 Å². The van der Waals surface area contributed by atoms with Crippen LogP contribution in [0.4, 0.5) is 11.4 Å². The van der Waals surface area contributed by atoms with Crippen LogP contribution in [0.3, 0.4) is 0 Å². The molecule has 0 spiro atoms. The number of nitro groups is 1. The highest BCUT2D eigenvalue weighted by atomic mass is 32.2. The van der Waals surface area contributed by atoms with E-state index in [4.69, 9.17) is 9.88 Å². The van der Waals surface area contributed by atoms with Crippen molar-refractivity contribution in [3.05, 3.63) is 28.3 Å². The normalized spacial score (nSPS) is 22.7. The lowest BCUT2D eigenvalue weighted by Crippen LogP contribution is -2.58. The van der Waals surface area contributed by atoms with Crippen LogP contribution in [0.5, 0.6) is 0 Å². The van der Waals surface area contributed by atoms with E-state index in [-0.39, 0.29) is 16.6 Å². The fourth-order valence-electron chi connectivity index (χ4n) is 2.89. The minimum atomic E-state index is -3.97. The monoisotopic (exact) mass is 342 g/mol. The Hall–Kier alpha value is -1.75. The lowest BCUT2D eigenvalue weighted by atomic mass is 10.0. The molecule has 2 aliphatic rings. The highest BCUT2D eigenvalue weighted by Gasteiger charge is 2.35. The Morgan fingerprint density at radius 2 is 2.13 bits per heavy atom. The Morgan fingerprint density at radius 3 is 2.70 bits per heavy atom. The van der Waals surface area contributed by atoms with Crippen molar-refractivity contribution < 1.29 is 18.1 Å². The Balaban J connectivity index is 1.69. The van der Waals surface area contributed by atoms with Gasteiger partial charge in [0.05, 0.1) is 22.5 Å². The molecule has 1 atom stereocenters. The second-order valence-electron chi connectivity index (χ2n) is 5.79. The quantitative estimate of drug-likeness (QED) is 0.575. The van der Waals surface area contributed by atoms with Gasteiger partial charge in [0.25, 0.3) is 5.69 Å². The molecule has 0 bridgehead atoms. The summed E-state index contributed by atoms with van der Waals surface area (Å²) in [6, 6.07) is 4.16. The van der Waals surface area contributed by atoms with Crippen molar-refractivity contribution in [1.82, 2.24) is 4.90 Å². The molecule has 1 aromatic carbocycles. The van der Waals surface area contributed by atoms with Crippen LogP contribution in [0.1, 0.15) is 6.42 Å². The predicted octanol–water partition coefficient (Wildman–Crippen LogP) is 0.127. The predicted molar refractivity (Wildman–Crippen MR) is 82.7 cm³/mol. The summed E-state index contributed by atoms with van der Waals surface area (Å²) in [6.07, 6.45) is 1.01. The van der Waals surface area contributed by atoms with Crippen LogP contribution in [-0.4, -0.2) is 56.6 Å². The molecular weight excluding hydrogens is 324 g/mol. The number of nitrogens with zero attached hydrogens (tertiary/aromatic N) is 2. The summed E-state index contributed by atoms with van der Waals surface area (Å²) < 4.78 is 28.0. The molecule has 0 radical (unpaired) electrons. The van der Waals surface area contributed by atoms with E-state index in [9.17, 15) is 18.5 Å². The highest BCUT2D eigenvalue weighted by Crippen LogP contribution is 2.30. The molecule has 0 aromatic heterocycles. The molecule has 10 heteroatoms. The van der Waals surface area contributed by atoms with Crippen molar-refractivity contribution in [2.24, 2.45) is 5.14 Å².